The summed E-state index contributed by atoms with van der Waals surface area (Å²) in [6.45, 7) is 3.60. The molecule has 1 N–H and O–H groups in total. The van der Waals surface area contributed by atoms with E-state index in [1.807, 2.05) is 24.3 Å². The molecule has 0 aliphatic rings. The third kappa shape index (κ3) is 2.95. The zero-order valence-corrected chi connectivity index (χ0v) is 11.7. The summed E-state index contributed by atoms with van der Waals surface area (Å²) < 4.78 is 1.18. The lowest BCUT2D eigenvalue weighted by Crippen LogP contribution is -2.30. The van der Waals surface area contributed by atoms with Crippen LogP contribution in [0.1, 0.15) is 13.8 Å². The summed E-state index contributed by atoms with van der Waals surface area (Å²) in [5, 5.41) is 10.3. The highest BCUT2D eigenvalue weighted by atomic mass is 79.9. The molecule has 1 aromatic carbocycles. The third-order valence-corrected chi connectivity index (χ3v) is 2.72. The van der Waals surface area contributed by atoms with E-state index < -0.39 is 4.32 Å². The van der Waals surface area contributed by atoms with Crippen LogP contribution in [0.3, 0.4) is 0 Å². The Morgan fingerprint density at radius 3 is 2.61 bits per heavy atom. The van der Waals surface area contributed by atoms with Gasteiger partial charge in [0.1, 0.15) is 12.7 Å². The van der Waals surface area contributed by atoms with Gasteiger partial charge in [-0.2, -0.15) is 0 Å². The Morgan fingerprint density at radius 2 is 2.00 bits per heavy atom. The van der Waals surface area contributed by atoms with Crippen LogP contribution in [0, 0.1) is 0 Å². The van der Waals surface area contributed by atoms with Crippen LogP contribution in [0.15, 0.2) is 36.9 Å². The van der Waals surface area contributed by atoms with E-state index in [0.29, 0.717) is 0 Å². The predicted octanol–water partition coefficient (Wildman–Crippen LogP) is 2.38. The molecule has 1 amide bonds. The maximum absolute atomic E-state index is 11.8. The number of carbonyl (C=O) groups excluding carboxylic acids is 1. The van der Waals surface area contributed by atoms with Crippen molar-refractivity contribution in [2.75, 3.05) is 5.32 Å². The molecule has 0 saturated heterocycles. The van der Waals surface area contributed by atoms with Crippen molar-refractivity contribution < 1.29 is 4.79 Å². The summed E-state index contributed by atoms with van der Waals surface area (Å²) in [6, 6.07) is 7.48. The van der Waals surface area contributed by atoms with Crippen molar-refractivity contribution in [1.29, 1.82) is 0 Å². The smallest absolute Gasteiger partial charge is 0.240 e. The molecule has 0 saturated carbocycles. The van der Waals surface area contributed by atoms with Gasteiger partial charge < -0.3 is 5.32 Å². The zero-order valence-electron chi connectivity index (χ0n) is 10.1. The molecule has 0 aliphatic heterocycles. The Bertz CT molecular complexity index is 545. The van der Waals surface area contributed by atoms with Crippen LogP contribution in [-0.4, -0.2) is 25.0 Å². The minimum atomic E-state index is -0.598. The Kier molecular flexibility index (Phi) is 3.47. The van der Waals surface area contributed by atoms with E-state index in [-0.39, 0.29) is 5.91 Å². The van der Waals surface area contributed by atoms with Crippen LogP contribution >= 0.6 is 15.9 Å². The number of nitrogens with zero attached hydrogens (tertiary/aromatic N) is 3. The molecule has 1 aromatic heterocycles. The number of halogens is 1. The number of anilines is 1. The number of alkyl halides is 1. The van der Waals surface area contributed by atoms with Gasteiger partial charge in [-0.15, -0.1) is 10.2 Å². The van der Waals surface area contributed by atoms with E-state index in [9.17, 15) is 4.79 Å². The molecule has 2 rings (SSSR count). The number of hydrogen-bond acceptors (Lipinski definition) is 3. The number of amides is 1. The van der Waals surface area contributed by atoms with Crippen molar-refractivity contribution in [2.45, 2.75) is 18.2 Å². The van der Waals surface area contributed by atoms with Crippen molar-refractivity contribution in [2.24, 2.45) is 0 Å². The van der Waals surface area contributed by atoms with Gasteiger partial charge in [0.25, 0.3) is 0 Å². The lowest BCUT2D eigenvalue weighted by Gasteiger charge is -2.16. The largest absolute Gasteiger partial charge is 0.325 e. The van der Waals surface area contributed by atoms with Gasteiger partial charge in [-0.1, -0.05) is 22.0 Å². The van der Waals surface area contributed by atoms with Crippen LogP contribution in [0.2, 0.25) is 0 Å². The normalized spacial score (nSPS) is 11.3. The predicted molar refractivity (Wildman–Crippen MR) is 73.0 cm³/mol. The highest BCUT2D eigenvalue weighted by molar-refractivity contribution is 9.10. The molecule has 0 aliphatic carbocycles. The van der Waals surface area contributed by atoms with E-state index >= 15 is 0 Å². The Balaban J connectivity index is 2.21. The van der Waals surface area contributed by atoms with Gasteiger partial charge in [0.15, 0.2) is 0 Å². The highest BCUT2D eigenvalue weighted by Crippen LogP contribution is 2.20. The monoisotopic (exact) mass is 308 g/mol. The quantitative estimate of drug-likeness (QED) is 0.886. The van der Waals surface area contributed by atoms with Crippen LogP contribution in [0.4, 0.5) is 5.69 Å². The molecular formula is C12H13BrN4O. The van der Waals surface area contributed by atoms with Crippen molar-refractivity contribution >= 4 is 27.5 Å². The minimum absolute atomic E-state index is 0.0941. The number of carbonyl (C=O) groups is 1. The summed E-state index contributed by atoms with van der Waals surface area (Å²) >= 11 is 3.32. The molecule has 0 radical (unpaired) electrons. The molecule has 0 fully saturated rings. The second kappa shape index (κ2) is 4.89. The van der Waals surface area contributed by atoms with Crippen LogP contribution in [0.25, 0.3) is 5.69 Å². The SMILES string of the molecule is CC(C)(Br)C(=O)Nc1cccc(-n2cnnc2)c1. The second-order valence-electron chi connectivity index (χ2n) is 4.35. The Labute approximate surface area is 113 Å². The molecular weight excluding hydrogens is 296 g/mol. The van der Waals surface area contributed by atoms with Crippen LogP contribution < -0.4 is 5.32 Å². The molecule has 18 heavy (non-hydrogen) atoms. The van der Waals surface area contributed by atoms with Gasteiger partial charge >= 0.3 is 0 Å². The topological polar surface area (TPSA) is 59.8 Å². The van der Waals surface area contributed by atoms with E-state index in [4.69, 9.17) is 0 Å². The number of aromatic nitrogens is 3. The van der Waals surface area contributed by atoms with Crippen molar-refractivity contribution in [3.05, 3.63) is 36.9 Å². The van der Waals surface area contributed by atoms with E-state index in [1.54, 1.807) is 31.1 Å². The lowest BCUT2D eigenvalue weighted by atomic mass is 10.2. The average Bonchev–Trinajstić information content (AvgIpc) is 2.81. The van der Waals surface area contributed by atoms with Gasteiger partial charge in [0.05, 0.1) is 10.0 Å². The van der Waals surface area contributed by atoms with Crippen LogP contribution in [-0.2, 0) is 4.79 Å². The van der Waals surface area contributed by atoms with Crippen LogP contribution in [0.5, 0.6) is 0 Å². The Hall–Kier alpha value is -1.69. The zero-order chi connectivity index (χ0) is 13.2. The standard InChI is InChI=1S/C12H13BrN4O/c1-12(2,13)11(18)16-9-4-3-5-10(6-9)17-7-14-15-8-17/h3-8H,1-2H3,(H,16,18). The van der Waals surface area contributed by atoms with Crippen molar-refractivity contribution in [3.63, 3.8) is 0 Å². The summed E-state index contributed by atoms with van der Waals surface area (Å²) in [4.78, 5) is 11.8. The van der Waals surface area contributed by atoms with Crippen molar-refractivity contribution in [3.8, 4) is 5.69 Å². The number of hydrogen-bond donors (Lipinski definition) is 1. The first kappa shape index (κ1) is 12.8. The van der Waals surface area contributed by atoms with Gasteiger partial charge in [-0.25, -0.2) is 0 Å². The number of nitrogens with one attached hydrogen (secondary N) is 1. The third-order valence-electron chi connectivity index (χ3n) is 2.36. The summed E-state index contributed by atoms with van der Waals surface area (Å²) in [7, 11) is 0. The maximum atomic E-state index is 11.8. The molecule has 0 atom stereocenters. The molecule has 0 bridgehead atoms. The van der Waals surface area contributed by atoms with Gasteiger partial charge in [-0.05, 0) is 32.0 Å². The second-order valence-corrected chi connectivity index (χ2v) is 6.33. The first-order valence-electron chi connectivity index (χ1n) is 5.42. The highest BCUT2D eigenvalue weighted by Gasteiger charge is 2.23. The van der Waals surface area contributed by atoms with Crippen molar-refractivity contribution in [1.82, 2.24) is 14.8 Å². The fourth-order valence-corrected chi connectivity index (χ4v) is 1.46. The van der Waals surface area contributed by atoms with Gasteiger partial charge in [0, 0.05) is 5.69 Å². The number of benzene rings is 1. The van der Waals surface area contributed by atoms with E-state index in [0.717, 1.165) is 11.4 Å². The summed E-state index contributed by atoms with van der Waals surface area (Å²) in [5.41, 5.74) is 1.63. The molecule has 94 valence electrons. The van der Waals surface area contributed by atoms with Gasteiger partial charge in [-0.3, -0.25) is 9.36 Å². The minimum Gasteiger partial charge on any atom is -0.325 e. The summed E-state index contributed by atoms with van der Waals surface area (Å²) in [6.07, 6.45) is 3.21. The molecule has 0 spiro atoms. The molecule has 6 heteroatoms. The first-order chi connectivity index (χ1) is 8.47. The molecule has 5 nitrogen and oxygen atoms in total. The lowest BCUT2D eigenvalue weighted by molar-refractivity contribution is -0.117. The molecule has 0 unspecified atom stereocenters. The average molecular weight is 309 g/mol. The fraction of sp³-hybridized carbons (Fsp3) is 0.250. The van der Waals surface area contributed by atoms with Gasteiger partial charge in [0.2, 0.25) is 5.91 Å². The van der Waals surface area contributed by atoms with E-state index in [1.165, 1.54) is 0 Å². The first-order valence-corrected chi connectivity index (χ1v) is 6.21. The maximum Gasteiger partial charge on any atom is 0.240 e. The van der Waals surface area contributed by atoms with E-state index in [2.05, 4.69) is 31.4 Å². The Morgan fingerprint density at radius 1 is 1.33 bits per heavy atom. The molecule has 1 heterocycles. The molecule has 2 aromatic rings. The summed E-state index contributed by atoms with van der Waals surface area (Å²) in [5.74, 6) is -0.0941. The number of rotatable bonds is 3. The fourth-order valence-electron chi connectivity index (χ4n) is 1.36.